The van der Waals surface area contributed by atoms with E-state index in [0.717, 1.165) is 0 Å². The molecule has 0 aliphatic rings. The van der Waals surface area contributed by atoms with Crippen LogP contribution < -0.4 is 19.5 Å². The van der Waals surface area contributed by atoms with Gasteiger partial charge >= 0.3 is 0 Å². The summed E-state index contributed by atoms with van der Waals surface area (Å²) in [6.45, 7) is 0. The number of rotatable bonds is 7. The number of nitrogens with one attached hydrogen (secondary N) is 1. The Morgan fingerprint density at radius 1 is 0.967 bits per heavy atom. The zero-order valence-electron chi connectivity index (χ0n) is 16.6. The average Bonchev–Trinajstić information content (AvgIpc) is 3.22. The largest absolute Gasteiger partial charge is 0.493 e. The first-order valence-electron chi connectivity index (χ1n) is 9.05. The molecule has 0 saturated carbocycles. The number of aliphatic hydroxyl groups excluding tert-OH is 1. The zero-order valence-corrected chi connectivity index (χ0v) is 16.6. The number of aromatic nitrogens is 3. The zero-order chi connectivity index (χ0) is 21.1. The lowest BCUT2D eigenvalue weighted by molar-refractivity contribution is 0.206. The molecule has 30 heavy (non-hydrogen) atoms. The molecule has 9 heteroatoms. The first-order valence-corrected chi connectivity index (χ1v) is 9.05. The summed E-state index contributed by atoms with van der Waals surface area (Å²) in [6.07, 6.45) is 2.18. The number of nitrogens with zero attached hydrogens (tertiary/aromatic N) is 3. The van der Waals surface area contributed by atoms with E-state index in [2.05, 4.69) is 20.3 Å². The number of fused-ring (bicyclic) bond motifs is 1. The summed E-state index contributed by atoms with van der Waals surface area (Å²) in [5.41, 5.74) is 2.33. The van der Waals surface area contributed by atoms with Crippen LogP contribution in [0.4, 0.5) is 5.82 Å². The number of hydrogen-bond acceptors (Lipinski definition) is 9. The molecule has 0 bridgehead atoms. The molecule has 3 aromatic heterocycles. The third-order valence-corrected chi connectivity index (χ3v) is 4.46. The number of oxazole rings is 1. The summed E-state index contributed by atoms with van der Waals surface area (Å²) >= 11 is 0. The Labute approximate surface area is 172 Å². The Kier molecular flexibility index (Phi) is 5.36. The Balaban J connectivity index is 1.61. The van der Waals surface area contributed by atoms with Crippen LogP contribution in [0, 0.1) is 0 Å². The fourth-order valence-corrected chi connectivity index (χ4v) is 3.02. The number of aliphatic hydroxyl groups is 1. The van der Waals surface area contributed by atoms with E-state index < -0.39 is 6.23 Å². The van der Waals surface area contributed by atoms with E-state index in [0.29, 0.717) is 51.3 Å². The Hall–Kier alpha value is -3.85. The number of benzene rings is 1. The van der Waals surface area contributed by atoms with Crippen molar-refractivity contribution in [2.75, 3.05) is 26.6 Å². The monoisotopic (exact) mass is 408 g/mol. The molecule has 0 radical (unpaired) electrons. The molecule has 0 spiro atoms. The van der Waals surface area contributed by atoms with E-state index in [4.69, 9.17) is 18.6 Å². The van der Waals surface area contributed by atoms with Crippen molar-refractivity contribution in [3.8, 4) is 28.7 Å². The Morgan fingerprint density at radius 2 is 1.73 bits per heavy atom. The molecule has 2 N–H and O–H groups in total. The van der Waals surface area contributed by atoms with Crippen LogP contribution in [-0.2, 0) is 0 Å². The van der Waals surface area contributed by atoms with Crippen molar-refractivity contribution in [3.05, 3.63) is 54.4 Å². The Morgan fingerprint density at radius 3 is 2.40 bits per heavy atom. The van der Waals surface area contributed by atoms with Gasteiger partial charge < -0.3 is 29.1 Å². The van der Waals surface area contributed by atoms with Gasteiger partial charge in [0, 0.05) is 23.5 Å². The molecule has 0 fully saturated rings. The lowest BCUT2D eigenvalue weighted by Crippen LogP contribution is -2.11. The minimum Gasteiger partial charge on any atom is -0.493 e. The van der Waals surface area contributed by atoms with Gasteiger partial charge in [-0.1, -0.05) is 0 Å². The van der Waals surface area contributed by atoms with Gasteiger partial charge in [0.15, 0.2) is 29.0 Å². The number of pyridine rings is 2. The molecule has 0 aliphatic carbocycles. The highest BCUT2D eigenvalue weighted by Gasteiger charge is 2.18. The molecule has 0 saturated heterocycles. The lowest BCUT2D eigenvalue weighted by Gasteiger charge is -2.18. The van der Waals surface area contributed by atoms with Crippen molar-refractivity contribution >= 4 is 17.0 Å². The maximum absolute atomic E-state index is 10.7. The predicted molar refractivity (Wildman–Crippen MR) is 110 cm³/mol. The standard InChI is InChI=1S/C21H20N4O5/c1-27-15-9-13(10-16(28-2)18(15)29-3)20(26)24-17-11-12(6-8-22-17)21-25-19-14(30-21)5-4-7-23-19/h4-11,20,26H,1-3H3,(H,22,24). The van der Waals surface area contributed by atoms with Gasteiger partial charge in [-0.3, -0.25) is 0 Å². The minimum absolute atomic E-state index is 0.413. The molecule has 4 aromatic rings. The minimum atomic E-state index is -1.08. The number of hydrogen-bond donors (Lipinski definition) is 2. The summed E-state index contributed by atoms with van der Waals surface area (Å²) in [6, 6.07) is 10.4. The Bertz CT molecular complexity index is 1120. The third kappa shape index (κ3) is 3.70. The van der Waals surface area contributed by atoms with Crippen LogP contribution >= 0.6 is 0 Å². The van der Waals surface area contributed by atoms with E-state index in [1.165, 1.54) is 21.3 Å². The van der Waals surface area contributed by atoms with Gasteiger partial charge in [0.25, 0.3) is 0 Å². The van der Waals surface area contributed by atoms with E-state index in [1.807, 2.05) is 0 Å². The summed E-state index contributed by atoms with van der Waals surface area (Å²) < 4.78 is 21.7. The highest BCUT2D eigenvalue weighted by atomic mass is 16.5. The summed E-state index contributed by atoms with van der Waals surface area (Å²) in [5.74, 6) is 2.17. The van der Waals surface area contributed by atoms with Crippen molar-refractivity contribution in [2.24, 2.45) is 0 Å². The van der Waals surface area contributed by atoms with Crippen molar-refractivity contribution in [1.82, 2.24) is 15.0 Å². The third-order valence-electron chi connectivity index (χ3n) is 4.46. The molecule has 3 heterocycles. The maximum Gasteiger partial charge on any atom is 0.229 e. The van der Waals surface area contributed by atoms with Crippen LogP contribution in [0.5, 0.6) is 17.2 Å². The fraction of sp³-hybridized carbons (Fsp3) is 0.190. The molecule has 9 nitrogen and oxygen atoms in total. The van der Waals surface area contributed by atoms with Crippen LogP contribution in [0.15, 0.2) is 53.2 Å². The second kappa shape index (κ2) is 8.26. The smallest absolute Gasteiger partial charge is 0.229 e. The first kappa shape index (κ1) is 19.5. The van der Waals surface area contributed by atoms with Crippen LogP contribution in [0.3, 0.4) is 0 Å². The van der Waals surface area contributed by atoms with Crippen LogP contribution in [0.25, 0.3) is 22.7 Å². The molecule has 0 amide bonds. The molecular formula is C21H20N4O5. The van der Waals surface area contributed by atoms with Gasteiger partial charge in [-0.05, 0) is 36.4 Å². The molecule has 1 atom stereocenters. The molecule has 4 rings (SSSR count). The van der Waals surface area contributed by atoms with E-state index in [9.17, 15) is 5.11 Å². The van der Waals surface area contributed by atoms with Gasteiger partial charge in [0.1, 0.15) is 5.82 Å². The van der Waals surface area contributed by atoms with Crippen molar-refractivity contribution in [1.29, 1.82) is 0 Å². The van der Waals surface area contributed by atoms with Crippen LogP contribution in [0.2, 0.25) is 0 Å². The SMILES string of the molecule is COc1cc(C(O)Nc2cc(-c3nc4ncccc4o3)ccn2)cc(OC)c1OC. The van der Waals surface area contributed by atoms with Crippen LogP contribution in [0.1, 0.15) is 11.8 Å². The maximum atomic E-state index is 10.7. The first-order chi connectivity index (χ1) is 14.6. The highest BCUT2D eigenvalue weighted by Crippen LogP contribution is 2.39. The van der Waals surface area contributed by atoms with Crippen molar-refractivity contribution in [2.45, 2.75) is 6.23 Å². The van der Waals surface area contributed by atoms with Gasteiger partial charge in [0.05, 0.1) is 21.3 Å². The fourth-order valence-electron chi connectivity index (χ4n) is 3.02. The number of methoxy groups -OCH3 is 3. The summed E-state index contributed by atoms with van der Waals surface area (Å²) in [4.78, 5) is 12.8. The summed E-state index contributed by atoms with van der Waals surface area (Å²) in [7, 11) is 4.55. The lowest BCUT2D eigenvalue weighted by atomic mass is 10.1. The topological polar surface area (TPSA) is 112 Å². The second-order valence-electron chi connectivity index (χ2n) is 6.28. The number of anilines is 1. The van der Waals surface area contributed by atoms with E-state index in [1.54, 1.807) is 48.8 Å². The predicted octanol–water partition coefficient (Wildman–Crippen LogP) is 3.41. The quantitative estimate of drug-likeness (QED) is 0.444. The molecule has 1 aromatic carbocycles. The normalized spacial score (nSPS) is 11.9. The number of ether oxygens (including phenoxy) is 3. The molecule has 154 valence electrons. The van der Waals surface area contributed by atoms with Gasteiger partial charge in [-0.2, -0.15) is 4.98 Å². The summed E-state index contributed by atoms with van der Waals surface area (Å²) in [5, 5.41) is 13.7. The molecular weight excluding hydrogens is 388 g/mol. The molecule has 0 aliphatic heterocycles. The van der Waals surface area contributed by atoms with Gasteiger partial charge in [-0.15, -0.1) is 0 Å². The van der Waals surface area contributed by atoms with Crippen molar-refractivity contribution < 1.29 is 23.7 Å². The highest BCUT2D eigenvalue weighted by molar-refractivity contribution is 5.72. The second-order valence-corrected chi connectivity index (χ2v) is 6.28. The van der Waals surface area contributed by atoms with E-state index in [-0.39, 0.29) is 0 Å². The average molecular weight is 408 g/mol. The molecule has 1 unspecified atom stereocenters. The van der Waals surface area contributed by atoms with Crippen molar-refractivity contribution in [3.63, 3.8) is 0 Å². The van der Waals surface area contributed by atoms with Gasteiger partial charge in [-0.25, -0.2) is 9.97 Å². The van der Waals surface area contributed by atoms with E-state index >= 15 is 0 Å². The van der Waals surface area contributed by atoms with Crippen LogP contribution in [-0.4, -0.2) is 41.4 Å². The van der Waals surface area contributed by atoms with Gasteiger partial charge in [0.2, 0.25) is 11.6 Å².